The average molecular weight is 303 g/mol. The number of piperidine rings is 1. The third-order valence-electron chi connectivity index (χ3n) is 4.09. The van der Waals surface area contributed by atoms with Gasteiger partial charge < -0.3 is 16.0 Å². The van der Waals surface area contributed by atoms with Gasteiger partial charge in [-0.3, -0.25) is 4.79 Å². The molecule has 0 aromatic heterocycles. The summed E-state index contributed by atoms with van der Waals surface area (Å²) in [7, 11) is 0. The maximum Gasteiger partial charge on any atom is 0.321 e. The number of carbonyl (C=O) groups is 2. The van der Waals surface area contributed by atoms with Crippen LogP contribution in [-0.2, 0) is 10.2 Å². The number of nitrogens with two attached hydrogens (primary N) is 1. The molecule has 0 radical (unpaired) electrons. The highest BCUT2D eigenvalue weighted by atomic mass is 16.2. The highest BCUT2D eigenvalue weighted by Crippen LogP contribution is 2.29. The molecule has 5 heteroatoms. The van der Waals surface area contributed by atoms with Crippen molar-refractivity contribution in [1.29, 1.82) is 0 Å². The fraction of sp³-hybridized carbons (Fsp3) is 0.529. The number of urea groups is 1. The molecule has 5 nitrogen and oxygen atoms in total. The second-order valence-electron chi connectivity index (χ2n) is 6.91. The van der Waals surface area contributed by atoms with Gasteiger partial charge in [-0.05, 0) is 29.9 Å². The summed E-state index contributed by atoms with van der Waals surface area (Å²) in [5.41, 5.74) is 7.22. The molecule has 1 atom stereocenters. The van der Waals surface area contributed by atoms with Gasteiger partial charge in [0, 0.05) is 18.8 Å². The average Bonchev–Trinajstić information content (AvgIpc) is 2.46. The Bertz CT molecular complexity index is 563. The Morgan fingerprint density at radius 2 is 1.95 bits per heavy atom. The summed E-state index contributed by atoms with van der Waals surface area (Å²) in [5, 5.41) is 2.98. The van der Waals surface area contributed by atoms with Gasteiger partial charge in [0.15, 0.2) is 0 Å². The van der Waals surface area contributed by atoms with Crippen LogP contribution in [0.15, 0.2) is 24.3 Å². The van der Waals surface area contributed by atoms with Crippen molar-refractivity contribution in [3.05, 3.63) is 29.8 Å². The molecule has 3 N–H and O–H groups in total. The molecule has 120 valence electrons. The molecule has 1 aromatic rings. The highest BCUT2D eigenvalue weighted by Gasteiger charge is 2.27. The molecule has 0 saturated carbocycles. The number of primary amides is 1. The van der Waals surface area contributed by atoms with Crippen molar-refractivity contribution in [3.63, 3.8) is 0 Å². The number of rotatable bonds is 2. The fourth-order valence-corrected chi connectivity index (χ4v) is 2.83. The number of amides is 3. The summed E-state index contributed by atoms with van der Waals surface area (Å²) in [6.07, 6.45) is 1.57. The fourth-order valence-electron chi connectivity index (χ4n) is 2.83. The van der Waals surface area contributed by atoms with Gasteiger partial charge in [-0.1, -0.05) is 39.0 Å². The zero-order chi connectivity index (χ0) is 16.3. The van der Waals surface area contributed by atoms with Crippen molar-refractivity contribution in [3.8, 4) is 0 Å². The van der Waals surface area contributed by atoms with E-state index in [4.69, 9.17) is 5.73 Å². The number of carbonyl (C=O) groups excluding carboxylic acids is 2. The molecule has 0 unspecified atom stereocenters. The predicted octanol–water partition coefficient (Wildman–Crippen LogP) is 2.71. The lowest BCUT2D eigenvalue weighted by molar-refractivity contribution is -0.123. The molecule has 1 saturated heterocycles. The minimum absolute atomic E-state index is 0.0540. The van der Waals surface area contributed by atoms with Gasteiger partial charge in [-0.25, -0.2) is 4.79 Å². The molecule has 1 heterocycles. The van der Waals surface area contributed by atoms with Crippen LogP contribution in [0.3, 0.4) is 0 Å². The van der Waals surface area contributed by atoms with Crippen molar-refractivity contribution in [1.82, 2.24) is 4.90 Å². The Balaban J connectivity index is 2.11. The van der Waals surface area contributed by atoms with Crippen LogP contribution >= 0.6 is 0 Å². The Kier molecular flexibility index (Phi) is 4.74. The molecular formula is C17H25N3O2. The van der Waals surface area contributed by atoms with E-state index in [1.165, 1.54) is 0 Å². The molecule has 1 aliphatic rings. The monoisotopic (exact) mass is 303 g/mol. The molecule has 1 aliphatic heterocycles. The molecule has 1 fully saturated rings. The number of nitrogens with one attached hydrogen (secondary N) is 1. The number of para-hydroxylation sites is 1. The second kappa shape index (κ2) is 6.38. The molecule has 22 heavy (non-hydrogen) atoms. The van der Waals surface area contributed by atoms with E-state index >= 15 is 0 Å². The van der Waals surface area contributed by atoms with Gasteiger partial charge in [0.2, 0.25) is 5.91 Å². The van der Waals surface area contributed by atoms with E-state index in [9.17, 15) is 9.59 Å². The normalized spacial score (nSPS) is 18.9. The summed E-state index contributed by atoms with van der Waals surface area (Å²) in [5.74, 6) is -0.565. The van der Waals surface area contributed by atoms with Crippen LogP contribution in [0.5, 0.6) is 0 Å². The quantitative estimate of drug-likeness (QED) is 0.881. The largest absolute Gasteiger partial charge is 0.369 e. The van der Waals surface area contributed by atoms with E-state index in [1.807, 2.05) is 24.3 Å². The van der Waals surface area contributed by atoms with Gasteiger partial charge in [0.1, 0.15) is 0 Å². The van der Waals surface area contributed by atoms with E-state index in [2.05, 4.69) is 26.1 Å². The molecule has 0 aliphatic carbocycles. The minimum Gasteiger partial charge on any atom is -0.369 e. The summed E-state index contributed by atoms with van der Waals surface area (Å²) >= 11 is 0. The molecule has 0 spiro atoms. The zero-order valence-electron chi connectivity index (χ0n) is 13.6. The van der Waals surface area contributed by atoms with Crippen molar-refractivity contribution in [2.75, 3.05) is 18.4 Å². The first-order valence-corrected chi connectivity index (χ1v) is 7.74. The van der Waals surface area contributed by atoms with Crippen LogP contribution in [-0.4, -0.2) is 29.9 Å². The van der Waals surface area contributed by atoms with Crippen LogP contribution in [0.25, 0.3) is 0 Å². The third-order valence-corrected chi connectivity index (χ3v) is 4.09. The SMILES string of the molecule is CC(C)(C)c1ccccc1NC(=O)N1CCC[C@H](C(N)=O)C1. The maximum atomic E-state index is 12.5. The van der Waals surface area contributed by atoms with Gasteiger partial charge >= 0.3 is 6.03 Å². The van der Waals surface area contributed by atoms with E-state index in [0.717, 1.165) is 24.1 Å². The first-order chi connectivity index (χ1) is 10.3. The Morgan fingerprint density at radius 1 is 1.27 bits per heavy atom. The maximum absolute atomic E-state index is 12.5. The molecule has 1 aromatic carbocycles. The number of likely N-dealkylation sites (tertiary alicyclic amines) is 1. The lowest BCUT2D eigenvalue weighted by Gasteiger charge is -2.32. The van der Waals surface area contributed by atoms with Crippen LogP contribution in [0.2, 0.25) is 0 Å². The Morgan fingerprint density at radius 3 is 2.59 bits per heavy atom. The summed E-state index contributed by atoms with van der Waals surface area (Å²) in [6, 6.07) is 7.65. The predicted molar refractivity (Wildman–Crippen MR) is 87.7 cm³/mol. The summed E-state index contributed by atoms with van der Waals surface area (Å²) < 4.78 is 0. The van der Waals surface area contributed by atoms with Crippen LogP contribution in [0, 0.1) is 5.92 Å². The van der Waals surface area contributed by atoms with Gasteiger partial charge in [-0.2, -0.15) is 0 Å². The number of benzene rings is 1. The zero-order valence-corrected chi connectivity index (χ0v) is 13.6. The molecule has 0 bridgehead atoms. The van der Waals surface area contributed by atoms with Crippen LogP contribution in [0.4, 0.5) is 10.5 Å². The lowest BCUT2D eigenvalue weighted by Crippen LogP contribution is -2.46. The highest BCUT2D eigenvalue weighted by molar-refractivity contribution is 5.91. The van der Waals surface area contributed by atoms with Gasteiger partial charge in [-0.15, -0.1) is 0 Å². The molecular weight excluding hydrogens is 278 g/mol. The number of nitrogens with zero attached hydrogens (tertiary/aromatic N) is 1. The smallest absolute Gasteiger partial charge is 0.321 e. The second-order valence-corrected chi connectivity index (χ2v) is 6.91. The first kappa shape index (κ1) is 16.3. The van der Waals surface area contributed by atoms with Crippen molar-refractivity contribution < 1.29 is 9.59 Å². The van der Waals surface area contributed by atoms with Crippen molar-refractivity contribution in [2.24, 2.45) is 11.7 Å². The number of hydrogen-bond acceptors (Lipinski definition) is 2. The topological polar surface area (TPSA) is 75.4 Å². The third kappa shape index (κ3) is 3.78. The summed E-state index contributed by atoms with van der Waals surface area (Å²) in [4.78, 5) is 25.5. The Hall–Kier alpha value is -2.04. The number of anilines is 1. The standard InChI is InChI=1S/C17H25N3O2/c1-17(2,3)13-8-4-5-9-14(13)19-16(22)20-10-6-7-12(11-20)15(18)21/h4-5,8-9,12H,6-7,10-11H2,1-3H3,(H2,18,21)(H,19,22)/t12-/m0/s1. The molecule has 2 rings (SSSR count). The van der Waals surface area contributed by atoms with Crippen molar-refractivity contribution in [2.45, 2.75) is 39.0 Å². The van der Waals surface area contributed by atoms with Gasteiger partial charge in [0.05, 0.1) is 5.92 Å². The Labute approximate surface area is 131 Å². The van der Waals surface area contributed by atoms with E-state index < -0.39 is 0 Å². The van der Waals surface area contributed by atoms with E-state index in [0.29, 0.717) is 13.1 Å². The lowest BCUT2D eigenvalue weighted by atomic mass is 9.86. The van der Waals surface area contributed by atoms with Crippen LogP contribution in [0.1, 0.15) is 39.2 Å². The number of hydrogen-bond donors (Lipinski definition) is 2. The van der Waals surface area contributed by atoms with Gasteiger partial charge in [0.25, 0.3) is 0 Å². The first-order valence-electron chi connectivity index (χ1n) is 7.74. The van der Waals surface area contributed by atoms with Crippen LogP contribution < -0.4 is 11.1 Å². The summed E-state index contributed by atoms with van der Waals surface area (Å²) in [6.45, 7) is 7.40. The minimum atomic E-state index is -0.326. The van der Waals surface area contributed by atoms with E-state index in [-0.39, 0.29) is 23.3 Å². The van der Waals surface area contributed by atoms with E-state index in [1.54, 1.807) is 4.90 Å². The van der Waals surface area contributed by atoms with Crippen molar-refractivity contribution >= 4 is 17.6 Å². The molecule has 3 amide bonds.